The summed E-state index contributed by atoms with van der Waals surface area (Å²) >= 11 is 0. The maximum atomic E-state index is 13.9. The molecule has 0 aliphatic rings. The van der Waals surface area contributed by atoms with Gasteiger partial charge in [-0.2, -0.15) is 18.0 Å². The molecule has 9 heteroatoms. The van der Waals surface area contributed by atoms with Crippen molar-refractivity contribution in [1.29, 1.82) is 0 Å². The minimum Gasteiger partial charge on any atom is -0.323 e. The van der Waals surface area contributed by atoms with E-state index < -0.39 is 23.6 Å². The van der Waals surface area contributed by atoms with E-state index in [1.54, 1.807) is 0 Å². The van der Waals surface area contributed by atoms with Gasteiger partial charge in [-0.15, -0.1) is 10.2 Å². The Morgan fingerprint density at radius 2 is 2.05 bits per heavy atom. The fraction of sp³-hybridized carbons (Fsp3) is 0.364. The van der Waals surface area contributed by atoms with Gasteiger partial charge in [0.25, 0.3) is 0 Å². The third kappa shape index (κ3) is 2.93. The van der Waals surface area contributed by atoms with Gasteiger partial charge in [0, 0.05) is 18.0 Å². The summed E-state index contributed by atoms with van der Waals surface area (Å²) in [5.74, 6) is -1.13. The van der Waals surface area contributed by atoms with Gasteiger partial charge in [0.2, 0.25) is 0 Å². The van der Waals surface area contributed by atoms with Crippen molar-refractivity contribution in [3.63, 3.8) is 0 Å². The van der Waals surface area contributed by atoms with E-state index in [-0.39, 0.29) is 17.8 Å². The van der Waals surface area contributed by atoms with Gasteiger partial charge in [0.05, 0.1) is 12.6 Å². The van der Waals surface area contributed by atoms with Crippen LogP contribution in [0.25, 0.3) is 0 Å². The molecule has 2 N–H and O–H groups in total. The molecule has 0 aliphatic carbocycles. The first kappa shape index (κ1) is 14.4. The van der Waals surface area contributed by atoms with E-state index in [4.69, 9.17) is 5.73 Å². The highest BCUT2D eigenvalue weighted by molar-refractivity contribution is 5.30. The maximum Gasteiger partial charge on any atom is 0.419 e. The number of halogens is 4. The van der Waals surface area contributed by atoms with Crippen LogP contribution in [0, 0.1) is 5.82 Å². The Balaban J connectivity index is 2.28. The molecule has 1 aromatic heterocycles. The Morgan fingerprint density at radius 3 is 2.60 bits per heavy atom. The topological polar surface area (TPSA) is 69.6 Å². The SMILES string of the molecule is Cn1nnc(CC(N)c2cccc(C(F)(F)F)c2F)n1. The molecule has 0 saturated heterocycles. The second kappa shape index (κ2) is 5.16. The predicted molar refractivity (Wildman–Crippen MR) is 60.8 cm³/mol. The number of aromatic nitrogens is 4. The summed E-state index contributed by atoms with van der Waals surface area (Å²) in [6.07, 6.45) is -4.77. The number of hydrogen-bond donors (Lipinski definition) is 1. The van der Waals surface area contributed by atoms with Crippen LogP contribution in [0.15, 0.2) is 18.2 Å². The zero-order chi connectivity index (χ0) is 14.9. The molecule has 0 fully saturated rings. The molecular weight excluding hydrogens is 278 g/mol. The fourth-order valence-electron chi connectivity index (χ4n) is 1.77. The number of nitrogens with two attached hydrogens (primary N) is 1. The molecule has 1 heterocycles. The van der Waals surface area contributed by atoms with Crippen LogP contribution in [0.3, 0.4) is 0 Å². The molecule has 108 valence electrons. The highest BCUT2D eigenvalue weighted by atomic mass is 19.4. The van der Waals surface area contributed by atoms with E-state index in [1.807, 2.05) is 0 Å². The van der Waals surface area contributed by atoms with Gasteiger partial charge < -0.3 is 5.73 Å². The molecule has 1 aromatic carbocycles. The van der Waals surface area contributed by atoms with Gasteiger partial charge in [-0.3, -0.25) is 0 Å². The summed E-state index contributed by atoms with van der Waals surface area (Å²) < 4.78 is 51.7. The third-order valence-electron chi connectivity index (χ3n) is 2.69. The van der Waals surface area contributed by atoms with Crippen LogP contribution < -0.4 is 5.73 Å². The maximum absolute atomic E-state index is 13.9. The molecule has 1 unspecified atom stereocenters. The molecule has 20 heavy (non-hydrogen) atoms. The van der Waals surface area contributed by atoms with Gasteiger partial charge in [0.1, 0.15) is 5.82 Å². The molecule has 0 amide bonds. The third-order valence-corrected chi connectivity index (χ3v) is 2.69. The van der Waals surface area contributed by atoms with Crippen molar-refractivity contribution in [2.24, 2.45) is 12.8 Å². The van der Waals surface area contributed by atoms with E-state index in [9.17, 15) is 17.6 Å². The molecule has 5 nitrogen and oxygen atoms in total. The molecule has 2 rings (SSSR count). The van der Waals surface area contributed by atoms with Crippen molar-refractivity contribution >= 4 is 0 Å². The molecule has 1 atom stereocenters. The van der Waals surface area contributed by atoms with Crippen molar-refractivity contribution in [2.45, 2.75) is 18.6 Å². The van der Waals surface area contributed by atoms with Crippen LogP contribution in [0.5, 0.6) is 0 Å². The van der Waals surface area contributed by atoms with E-state index in [0.29, 0.717) is 6.07 Å². The van der Waals surface area contributed by atoms with Gasteiger partial charge in [0.15, 0.2) is 5.82 Å². The molecular formula is C11H11F4N5. The van der Waals surface area contributed by atoms with Crippen LogP contribution >= 0.6 is 0 Å². The molecule has 2 aromatic rings. The molecule has 0 spiro atoms. The first-order valence-corrected chi connectivity index (χ1v) is 5.63. The van der Waals surface area contributed by atoms with E-state index in [2.05, 4.69) is 15.4 Å². The molecule has 0 aliphatic heterocycles. The fourth-order valence-corrected chi connectivity index (χ4v) is 1.77. The molecule has 0 saturated carbocycles. The normalized spacial score (nSPS) is 13.5. The number of nitrogens with zero attached hydrogens (tertiary/aromatic N) is 4. The Hall–Kier alpha value is -2.03. The smallest absolute Gasteiger partial charge is 0.323 e. The lowest BCUT2D eigenvalue weighted by Crippen LogP contribution is -2.18. The van der Waals surface area contributed by atoms with Crippen LogP contribution in [-0.4, -0.2) is 20.2 Å². The van der Waals surface area contributed by atoms with Crippen LogP contribution in [0.4, 0.5) is 17.6 Å². The lowest BCUT2D eigenvalue weighted by Gasteiger charge is -2.15. The van der Waals surface area contributed by atoms with Crippen molar-refractivity contribution in [3.05, 3.63) is 41.0 Å². The van der Waals surface area contributed by atoms with Crippen LogP contribution in [0.1, 0.15) is 23.0 Å². The number of tetrazole rings is 1. The second-order valence-corrected chi connectivity index (χ2v) is 4.21. The highest BCUT2D eigenvalue weighted by Gasteiger charge is 2.35. The second-order valence-electron chi connectivity index (χ2n) is 4.21. The summed E-state index contributed by atoms with van der Waals surface area (Å²) in [7, 11) is 1.53. The lowest BCUT2D eigenvalue weighted by molar-refractivity contribution is -0.140. The van der Waals surface area contributed by atoms with E-state index in [1.165, 1.54) is 17.9 Å². The van der Waals surface area contributed by atoms with Gasteiger partial charge in [-0.05, 0) is 11.3 Å². The standard InChI is InChI=1S/C11H11F4N5/c1-20-18-9(17-19-20)5-8(16)6-3-2-4-7(10(6)12)11(13,14)15/h2-4,8H,5,16H2,1H3. The number of benzene rings is 1. The number of rotatable bonds is 3. The first-order chi connectivity index (χ1) is 9.29. The summed E-state index contributed by atoms with van der Waals surface area (Å²) in [4.78, 5) is 1.19. The minimum atomic E-state index is -4.76. The van der Waals surface area contributed by atoms with Crippen molar-refractivity contribution in [2.75, 3.05) is 0 Å². The van der Waals surface area contributed by atoms with Gasteiger partial charge in [-0.25, -0.2) is 4.39 Å². The van der Waals surface area contributed by atoms with Crippen molar-refractivity contribution in [3.8, 4) is 0 Å². The molecule has 0 bridgehead atoms. The first-order valence-electron chi connectivity index (χ1n) is 5.63. The van der Waals surface area contributed by atoms with Crippen LogP contribution in [-0.2, 0) is 19.6 Å². The summed E-state index contributed by atoms with van der Waals surface area (Å²) in [5.41, 5.74) is 4.16. The average molecular weight is 289 g/mol. The number of hydrogen-bond acceptors (Lipinski definition) is 4. The lowest BCUT2D eigenvalue weighted by atomic mass is 10.0. The Labute approximate surface area is 111 Å². The summed E-state index contributed by atoms with van der Waals surface area (Å²) in [5, 5.41) is 11.1. The highest BCUT2D eigenvalue weighted by Crippen LogP contribution is 2.33. The largest absolute Gasteiger partial charge is 0.419 e. The van der Waals surface area contributed by atoms with Crippen molar-refractivity contribution in [1.82, 2.24) is 20.2 Å². The Morgan fingerprint density at radius 1 is 1.35 bits per heavy atom. The summed E-state index contributed by atoms with van der Waals surface area (Å²) in [6.45, 7) is 0. The number of aryl methyl sites for hydroxylation is 1. The average Bonchev–Trinajstić information content (AvgIpc) is 2.73. The minimum absolute atomic E-state index is 0.00787. The van der Waals surface area contributed by atoms with Gasteiger partial charge in [-0.1, -0.05) is 12.1 Å². The summed E-state index contributed by atoms with van der Waals surface area (Å²) in [6, 6.07) is 2.02. The van der Waals surface area contributed by atoms with E-state index >= 15 is 0 Å². The van der Waals surface area contributed by atoms with Crippen molar-refractivity contribution < 1.29 is 17.6 Å². The monoisotopic (exact) mass is 289 g/mol. The zero-order valence-electron chi connectivity index (χ0n) is 10.4. The quantitative estimate of drug-likeness (QED) is 0.872. The Kier molecular flexibility index (Phi) is 3.71. The zero-order valence-corrected chi connectivity index (χ0v) is 10.4. The predicted octanol–water partition coefficient (Wildman–Crippen LogP) is 1.61. The number of alkyl halides is 3. The van der Waals surface area contributed by atoms with Crippen LogP contribution in [0.2, 0.25) is 0 Å². The van der Waals surface area contributed by atoms with Gasteiger partial charge >= 0.3 is 6.18 Å². The van der Waals surface area contributed by atoms with E-state index in [0.717, 1.165) is 6.07 Å². The molecule has 0 radical (unpaired) electrons. The Bertz CT molecular complexity index is 607.